The average Bonchev–Trinajstić information content (AvgIpc) is 2.86. The third-order valence-corrected chi connectivity index (χ3v) is 3.57. The van der Waals surface area contributed by atoms with Crippen LogP contribution in [0.1, 0.15) is 11.3 Å². The lowest BCUT2D eigenvalue weighted by molar-refractivity contribution is 0.199. The summed E-state index contributed by atoms with van der Waals surface area (Å²) in [6.45, 7) is 2.80. The van der Waals surface area contributed by atoms with E-state index in [0.29, 0.717) is 19.7 Å². The van der Waals surface area contributed by atoms with Gasteiger partial charge in [-0.15, -0.1) is 0 Å². The van der Waals surface area contributed by atoms with Gasteiger partial charge in [-0.3, -0.25) is 4.68 Å². The molecule has 1 heterocycles. The van der Waals surface area contributed by atoms with Gasteiger partial charge >= 0.3 is 0 Å². The summed E-state index contributed by atoms with van der Waals surface area (Å²) >= 11 is 3.36. The predicted octanol–water partition coefficient (Wildman–Crippen LogP) is 2.57. The molecule has 0 spiro atoms. The van der Waals surface area contributed by atoms with Crippen molar-refractivity contribution >= 4 is 15.9 Å². The van der Waals surface area contributed by atoms with Gasteiger partial charge in [0.2, 0.25) is 0 Å². The van der Waals surface area contributed by atoms with E-state index in [1.807, 2.05) is 16.9 Å². The van der Waals surface area contributed by atoms with E-state index in [1.54, 1.807) is 13.2 Å². The molecule has 1 aromatic heterocycles. The molecule has 0 radical (unpaired) electrons. The van der Waals surface area contributed by atoms with Crippen LogP contribution >= 0.6 is 15.9 Å². The van der Waals surface area contributed by atoms with Crippen LogP contribution in [0.4, 0.5) is 4.39 Å². The van der Waals surface area contributed by atoms with E-state index in [1.165, 1.54) is 12.1 Å². The number of benzene rings is 1. The van der Waals surface area contributed by atoms with Crippen molar-refractivity contribution in [3.8, 4) is 0 Å². The van der Waals surface area contributed by atoms with Gasteiger partial charge in [0.25, 0.3) is 0 Å². The molecule has 1 aromatic carbocycles. The van der Waals surface area contributed by atoms with Crippen molar-refractivity contribution in [2.24, 2.45) is 0 Å². The van der Waals surface area contributed by atoms with Crippen molar-refractivity contribution in [3.05, 3.63) is 52.0 Å². The topological polar surface area (TPSA) is 39.1 Å². The number of hydrogen-bond donors (Lipinski definition) is 1. The summed E-state index contributed by atoms with van der Waals surface area (Å²) in [6, 6.07) is 6.65. The van der Waals surface area contributed by atoms with Crippen molar-refractivity contribution in [3.63, 3.8) is 0 Å². The standard InChI is InChI=1S/C14H17BrFN3O/c1-20-7-5-17-9-13-4-6-19(18-13)10-11-2-3-12(16)8-14(11)15/h2-4,6,8,17H,5,7,9-10H2,1H3. The summed E-state index contributed by atoms with van der Waals surface area (Å²) in [4.78, 5) is 0. The molecule has 0 atom stereocenters. The van der Waals surface area contributed by atoms with Gasteiger partial charge in [0.05, 0.1) is 18.8 Å². The summed E-state index contributed by atoms with van der Waals surface area (Å²) in [6.07, 6.45) is 1.92. The van der Waals surface area contributed by atoms with Crippen LogP contribution in [-0.2, 0) is 17.8 Å². The second-order valence-electron chi connectivity index (χ2n) is 4.41. The van der Waals surface area contributed by atoms with Crippen LogP contribution in [0.15, 0.2) is 34.9 Å². The minimum Gasteiger partial charge on any atom is -0.383 e. The Bertz CT molecular complexity index is 559. The molecule has 108 valence electrons. The molecule has 1 N–H and O–H groups in total. The first kappa shape index (κ1) is 15.2. The van der Waals surface area contributed by atoms with Gasteiger partial charge in [-0.1, -0.05) is 22.0 Å². The van der Waals surface area contributed by atoms with Crippen molar-refractivity contribution in [1.82, 2.24) is 15.1 Å². The molecule has 6 heteroatoms. The van der Waals surface area contributed by atoms with E-state index in [4.69, 9.17) is 4.74 Å². The fourth-order valence-electron chi connectivity index (χ4n) is 1.80. The average molecular weight is 342 g/mol. The van der Waals surface area contributed by atoms with Gasteiger partial charge in [0.15, 0.2) is 0 Å². The van der Waals surface area contributed by atoms with Gasteiger partial charge in [0, 0.05) is 30.9 Å². The summed E-state index contributed by atoms with van der Waals surface area (Å²) in [5.41, 5.74) is 1.97. The first-order chi connectivity index (χ1) is 9.69. The fraction of sp³-hybridized carbons (Fsp3) is 0.357. The summed E-state index contributed by atoms with van der Waals surface area (Å²) < 4.78 is 20.6. The molecule has 20 heavy (non-hydrogen) atoms. The fourth-order valence-corrected chi connectivity index (χ4v) is 2.28. The Hall–Kier alpha value is -1.24. The van der Waals surface area contributed by atoms with Crippen LogP contribution < -0.4 is 5.32 Å². The number of hydrogen-bond acceptors (Lipinski definition) is 3. The van der Waals surface area contributed by atoms with E-state index >= 15 is 0 Å². The molecule has 2 aromatic rings. The summed E-state index contributed by atoms with van der Waals surface area (Å²) in [5.74, 6) is -0.246. The van der Waals surface area contributed by atoms with E-state index < -0.39 is 0 Å². The van der Waals surface area contributed by atoms with Crippen molar-refractivity contribution < 1.29 is 9.13 Å². The quantitative estimate of drug-likeness (QED) is 0.786. The Kier molecular flexibility index (Phi) is 5.70. The third kappa shape index (κ3) is 4.40. The molecule has 0 saturated heterocycles. The van der Waals surface area contributed by atoms with Crippen molar-refractivity contribution in [1.29, 1.82) is 0 Å². The maximum Gasteiger partial charge on any atom is 0.124 e. The van der Waals surface area contributed by atoms with Crippen LogP contribution in [0.3, 0.4) is 0 Å². The van der Waals surface area contributed by atoms with Crippen LogP contribution in [-0.4, -0.2) is 30.0 Å². The van der Waals surface area contributed by atoms with E-state index in [0.717, 1.165) is 22.3 Å². The van der Waals surface area contributed by atoms with E-state index in [2.05, 4.69) is 26.3 Å². The number of rotatable bonds is 7. The second kappa shape index (κ2) is 7.52. The Morgan fingerprint density at radius 2 is 2.25 bits per heavy atom. The second-order valence-corrected chi connectivity index (χ2v) is 5.26. The monoisotopic (exact) mass is 341 g/mol. The first-order valence-corrected chi connectivity index (χ1v) is 7.14. The molecule has 0 bridgehead atoms. The largest absolute Gasteiger partial charge is 0.383 e. The Labute approximate surface area is 126 Å². The van der Waals surface area contributed by atoms with Gasteiger partial charge < -0.3 is 10.1 Å². The minimum absolute atomic E-state index is 0.246. The van der Waals surface area contributed by atoms with Gasteiger partial charge in [-0.2, -0.15) is 5.10 Å². The molecule has 4 nitrogen and oxygen atoms in total. The van der Waals surface area contributed by atoms with Crippen LogP contribution in [0.5, 0.6) is 0 Å². The maximum atomic E-state index is 13.0. The van der Waals surface area contributed by atoms with Crippen molar-refractivity contribution in [2.45, 2.75) is 13.1 Å². The van der Waals surface area contributed by atoms with Crippen molar-refractivity contribution in [2.75, 3.05) is 20.3 Å². The van der Waals surface area contributed by atoms with Crippen LogP contribution in [0.25, 0.3) is 0 Å². The highest BCUT2D eigenvalue weighted by atomic mass is 79.9. The van der Waals surface area contributed by atoms with E-state index in [-0.39, 0.29) is 5.82 Å². The van der Waals surface area contributed by atoms with Gasteiger partial charge in [0.1, 0.15) is 5.82 Å². The number of aromatic nitrogens is 2. The summed E-state index contributed by atoms with van der Waals surface area (Å²) in [5, 5.41) is 7.70. The third-order valence-electron chi connectivity index (χ3n) is 2.83. The normalized spacial score (nSPS) is 10.9. The van der Waals surface area contributed by atoms with Crippen LogP contribution in [0.2, 0.25) is 0 Å². The molecule has 0 aliphatic carbocycles. The highest BCUT2D eigenvalue weighted by Gasteiger charge is 2.04. The number of halogens is 2. The number of nitrogens with one attached hydrogen (secondary N) is 1. The lowest BCUT2D eigenvalue weighted by Crippen LogP contribution is -2.19. The molecule has 0 fully saturated rings. The first-order valence-electron chi connectivity index (χ1n) is 6.35. The van der Waals surface area contributed by atoms with E-state index in [9.17, 15) is 4.39 Å². The van der Waals surface area contributed by atoms with Gasteiger partial charge in [-0.25, -0.2) is 4.39 Å². The molecule has 0 unspecified atom stereocenters. The Balaban J connectivity index is 1.92. The molecule has 0 aliphatic rings. The Morgan fingerprint density at radius 1 is 1.40 bits per heavy atom. The minimum atomic E-state index is -0.246. The zero-order valence-electron chi connectivity index (χ0n) is 11.3. The van der Waals surface area contributed by atoms with Crippen LogP contribution in [0, 0.1) is 5.82 Å². The molecule has 0 amide bonds. The molecular formula is C14H17BrFN3O. The maximum absolute atomic E-state index is 13.0. The molecular weight excluding hydrogens is 325 g/mol. The smallest absolute Gasteiger partial charge is 0.124 e. The predicted molar refractivity (Wildman–Crippen MR) is 79.0 cm³/mol. The SMILES string of the molecule is COCCNCc1ccn(Cc2ccc(F)cc2Br)n1. The lowest BCUT2D eigenvalue weighted by Gasteiger charge is -2.05. The number of nitrogens with zero attached hydrogens (tertiary/aromatic N) is 2. The molecule has 0 aliphatic heterocycles. The Morgan fingerprint density at radius 3 is 3.00 bits per heavy atom. The van der Waals surface area contributed by atoms with Gasteiger partial charge in [-0.05, 0) is 23.8 Å². The molecule has 2 rings (SSSR count). The zero-order valence-corrected chi connectivity index (χ0v) is 12.9. The number of ether oxygens (including phenoxy) is 1. The lowest BCUT2D eigenvalue weighted by atomic mass is 10.2. The molecule has 0 saturated carbocycles. The zero-order chi connectivity index (χ0) is 14.4. The highest BCUT2D eigenvalue weighted by Crippen LogP contribution is 2.18. The highest BCUT2D eigenvalue weighted by molar-refractivity contribution is 9.10. The number of methoxy groups -OCH3 is 1. The summed E-state index contributed by atoms with van der Waals surface area (Å²) in [7, 11) is 1.68.